The van der Waals surface area contributed by atoms with Crippen molar-refractivity contribution in [2.75, 3.05) is 5.32 Å². The lowest BCUT2D eigenvalue weighted by atomic mass is 9.90. The first-order valence-corrected chi connectivity index (χ1v) is 5.21. The number of hydrogen-bond donors (Lipinski definition) is 2. The van der Waals surface area contributed by atoms with Gasteiger partial charge in [0.05, 0.1) is 5.54 Å². The third-order valence-corrected chi connectivity index (χ3v) is 2.80. The van der Waals surface area contributed by atoms with E-state index in [0.29, 0.717) is 5.75 Å². The normalized spacial score (nSPS) is 17.7. The van der Waals surface area contributed by atoms with Gasteiger partial charge in [-0.25, -0.2) is 0 Å². The molecule has 2 N–H and O–H groups in total. The van der Waals surface area contributed by atoms with Gasteiger partial charge in [-0.2, -0.15) is 0 Å². The molecular formula is C13H17NO. The maximum absolute atomic E-state index is 9.67. The summed E-state index contributed by atoms with van der Waals surface area (Å²) >= 11 is 0. The van der Waals surface area contributed by atoms with Crippen LogP contribution in [0.25, 0.3) is 5.57 Å². The van der Waals surface area contributed by atoms with E-state index in [1.807, 2.05) is 19.1 Å². The molecule has 2 rings (SSSR count). The molecule has 0 atom stereocenters. The van der Waals surface area contributed by atoms with Crippen LogP contribution in [0.1, 0.15) is 31.9 Å². The van der Waals surface area contributed by atoms with Gasteiger partial charge in [-0.1, -0.05) is 6.08 Å². The first kappa shape index (κ1) is 10.1. The Kier molecular flexibility index (Phi) is 2.03. The van der Waals surface area contributed by atoms with Crippen LogP contribution in [0.2, 0.25) is 0 Å². The van der Waals surface area contributed by atoms with Crippen molar-refractivity contribution in [3.63, 3.8) is 0 Å². The molecule has 0 radical (unpaired) electrons. The summed E-state index contributed by atoms with van der Waals surface area (Å²) in [5.74, 6) is 0.364. The predicted molar refractivity (Wildman–Crippen MR) is 64.2 cm³/mol. The second-order valence-electron chi connectivity index (χ2n) is 4.86. The molecule has 0 fully saturated rings. The number of aromatic hydroxyl groups is 1. The van der Waals surface area contributed by atoms with E-state index in [-0.39, 0.29) is 5.54 Å². The zero-order valence-corrected chi connectivity index (χ0v) is 9.68. The van der Waals surface area contributed by atoms with Crippen LogP contribution in [0, 0.1) is 6.92 Å². The second-order valence-corrected chi connectivity index (χ2v) is 4.86. The van der Waals surface area contributed by atoms with E-state index < -0.39 is 0 Å². The summed E-state index contributed by atoms with van der Waals surface area (Å²) in [5, 5.41) is 13.1. The van der Waals surface area contributed by atoms with Crippen molar-refractivity contribution in [2.24, 2.45) is 0 Å². The van der Waals surface area contributed by atoms with Gasteiger partial charge in [0.25, 0.3) is 0 Å². The van der Waals surface area contributed by atoms with E-state index in [9.17, 15) is 5.11 Å². The summed E-state index contributed by atoms with van der Waals surface area (Å²) in [6, 6.07) is 3.83. The summed E-state index contributed by atoms with van der Waals surface area (Å²) < 4.78 is 0. The molecule has 1 aliphatic rings. The van der Waals surface area contributed by atoms with E-state index in [4.69, 9.17) is 0 Å². The Bertz CT molecular complexity index is 444. The number of benzene rings is 1. The van der Waals surface area contributed by atoms with Gasteiger partial charge in [0.1, 0.15) is 5.75 Å². The Morgan fingerprint density at radius 3 is 2.53 bits per heavy atom. The van der Waals surface area contributed by atoms with Crippen LogP contribution in [-0.2, 0) is 0 Å². The van der Waals surface area contributed by atoms with Gasteiger partial charge in [-0.3, -0.25) is 0 Å². The highest BCUT2D eigenvalue weighted by atomic mass is 16.3. The smallest absolute Gasteiger partial charge is 0.119 e. The van der Waals surface area contributed by atoms with Crippen LogP contribution >= 0.6 is 0 Å². The number of hydrogen-bond acceptors (Lipinski definition) is 2. The summed E-state index contributed by atoms with van der Waals surface area (Å²) in [7, 11) is 0. The summed E-state index contributed by atoms with van der Waals surface area (Å²) in [6.07, 6.45) is 2.18. The zero-order chi connectivity index (χ0) is 11.2. The third kappa shape index (κ3) is 1.72. The maximum atomic E-state index is 9.67. The number of phenols is 1. The van der Waals surface area contributed by atoms with E-state index in [1.54, 1.807) is 0 Å². The molecule has 0 amide bonds. The molecular weight excluding hydrogens is 186 g/mol. The van der Waals surface area contributed by atoms with Crippen molar-refractivity contribution >= 4 is 11.3 Å². The molecule has 2 nitrogen and oxygen atoms in total. The lowest BCUT2D eigenvalue weighted by molar-refractivity contribution is 0.471. The molecule has 0 aromatic heterocycles. The van der Waals surface area contributed by atoms with Crippen molar-refractivity contribution < 1.29 is 5.11 Å². The molecule has 0 aliphatic carbocycles. The van der Waals surface area contributed by atoms with Crippen LogP contribution < -0.4 is 5.32 Å². The highest BCUT2D eigenvalue weighted by Crippen LogP contribution is 2.36. The number of phenolic OH excluding ortho intramolecular Hbond substituents is 1. The largest absolute Gasteiger partial charge is 0.508 e. The van der Waals surface area contributed by atoms with Crippen LogP contribution in [0.4, 0.5) is 5.69 Å². The van der Waals surface area contributed by atoms with Crippen molar-refractivity contribution in [2.45, 2.75) is 33.2 Å². The monoisotopic (exact) mass is 203 g/mol. The van der Waals surface area contributed by atoms with E-state index in [2.05, 4.69) is 32.2 Å². The number of allylic oxidation sites excluding steroid dienone is 1. The van der Waals surface area contributed by atoms with Gasteiger partial charge < -0.3 is 10.4 Å². The molecule has 80 valence electrons. The highest BCUT2D eigenvalue weighted by molar-refractivity contribution is 5.81. The molecule has 15 heavy (non-hydrogen) atoms. The predicted octanol–water partition coefficient (Wildman–Crippen LogP) is 3.31. The number of fused-ring (bicyclic) bond motifs is 1. The SMILES string of the molecule is CC1=CC(C)(C)Nc2cc(C)c(O)cc21. The minimum Gasteiger partial charge on any atom is -0.508 e. The standard InChI is InChI=1S/C13H17NO/c1-8-5-11-10(6-12(8)15)9(2)7-13(3,4)14-11/h5-7,14-15H,1-4H3. The average Bonchev–Trinajstić information content (AvgIpc) is 2.07. The Balaban J connectivity index is 2.61. The Morgan fingerprint density at radius 1 is 1.20 bits per heavy atom. The highest BCUT2D eigenvalue weighted by Gasteiger charge is 2.22. The Morgan fingerprint density at radius 2 is 1.87 bits per heavy atom. The fourth-order valence-electron chi connectivity index (χ4n) is 2.13. The lowest BCUT2D eigenvalue weighted by Gasteiger charge is -2.31. The topological polar surface area (TPSA) is 32.3 Å². The Labute approximate surface area is 90.6 Å². The van der Waals surface area contributed by atoms with Gasteiger partial charge in [0, 0.05) is 11.3 Å². The van der Waals surface area contributed by atoms with E-state index >= 15 is 0 Å². The van der Waals surface area contributed by atoms with Gasteiger partial charge in [-0.15, -0.1) is 0 Å². The van der Waals surface area contributed by atoms with Crippen molar-refractivity contribution in [3.8, 4) is 5.75 Å². The van der Waals surface area contributed by atoms with Crippen LogP contribution in [-0.4, -0.2) is 10.6 Å². The maximum Gasteiger partial charge on any atom is 0.119 e. The van der Waals surface area contributed by atoms with E-state index in [1.165, 1.54) is 5.57 Å². The lowest BCUT2D eigenvalue weighted by Crippen LogP contribution is -2.31. The summed E-state index contributed by atoms with van der Waals surface area (Å²) in [4.78, 5) is 0. The molecule has 0 bridgehead atoms. The first-order valence-electron chi connectivity index (χ1n) is 5.21. The zero-order valence-electron chi connectivity index (χ0n) is 9.68. The quantitative estimate of drug-likeness (QED) is 0.634. The molecule has 0 saturated carbocycles. The molecule has 0 saturated heterocycles. The van der Waals surface area contributed by atoms with Gasteiger partial charge in [0.2, 0.25) is 0 Å². The number of anilines is 1. The third-order valence-electron chi connectivity index (χ3n) is 2.80. The average molecular weight is 203 g/mol. The van der Waals surface area contributed by atoms with Crippen LogP contribution in [0.5, 0.6) is 5.75 Å². The van der Waals surface area contributed by atoms with E-state index in [0.717, 1.165) is 16.8 Å². The minimum absolute atomic E-state index is 0.0134. The molecule has 0 unspecified atom stereocenters. The molecule has 1 heterocycles. The van der Waals surface area contributed by atoms with Gasteiger partial charge >= 0.3 is 0 Å². The first-order chi connectivity index (χ1) is 6.89. The van der Waals surface area contributed by atoms with Gasteiger partial charge in [-0.05, 0) is 51.0 Å². The summed E-state index contributed by atoms with van der Waals surface area (Å²) in [6.45, 7) is 8.28. The van der Waals surface area contributed by atoms with Crippen molar-refractivity contribution in [1.29, 1.82) is 0 Å². The number of rotatable bonds is 0. The molecule has 1 aliphatic heterocycles. The Hall–Kier alpha value is -1.44. The number of aryl methyl sites for hydroxylation is 1. The van der Waals surface area contributed by atoms with Crippen LogP contribution in [0.3, 0.4) is 0 Å². The molecule has 0 spiro atoms. The minimum atomic E-state index is -0.0134. The van der Waals surface area contributed by atoms with Crippen molar-refractivity contribution in [3.05, 3.63) is 29.3 Å². The fraction of sp³-hybridized carbons (Fsp3) is 0.385. The second kappa shape index (κ2) is 3.02. The summed E-state index contributed by atoms with van der Waals surface area (Å²) in [5.41, 5.74) is 4.31. The number of nitrogens with one attached hydrogen (secondary N) is 1. The van der Waals surface area contributed by atoms with Crippen molar-refractivity contribution in [1.82, 2.24) is 0 Å². The molecule has 2 heteroatoms. The fourth-order valence-corrected chi connectivity index (χ4v) is 2.13. The van der Waals surface area contributed by atoms with Gasteiger partial charge in [0.15, 0.2) is 0 Å². The van der Waals surface area contributed by atoms with Crippen LogP contribution in [0.15, 0.2) is 18.2 Å². The molecule has 1 aromatic carbocycles. The molecule has 1 aromatic rings.